The Balaban J connectivity index is 2.19. The third-order valence-electron chi connectivity index (χ3n) is 4.15. The molecule has 1 amide bonds. The van der Waals surface area contributed by atoms with Crippen molar-refractivity contribution in [3.63, 3.8) is 0 Å². The van der Waals surface area contributed by atoms with Crippen LogP contribution in [-0.2, 0) is 0 Å². The van der Waals surface area contributed by atoms with E-state index in [4.69, 9.17) is 5.73 Å². The normalized spacial score (nSPS) is 22.8. The minimum Gasteiger partial charge on any atom is -0.508 e. The Morgan fingerprint density at radius 1 is 1.45 bits per heavy atom. The molecule has 1 fully saturated rings. The molecule has 1 aliphatic rings. The van der Waals surface area contributed by atoms with Crippen LogP contribution in [0.1, 0.15) is 36.5 Å². The van der Waals surface area contributed by atoms with Gasteiger partial charge >= 0.3 is 0 Å². The van der Waals surface area contributed by atoms with Crippen molar-refractivity contribution in [2.24, 2.45) is 11.7 Å². The van der Waals surface area contributed by atoms with Gasteiger partial charge in [0.05, 0.1) is 5.56 Å². The maximum absolute atomic E-state index is 12.5. The summed E-state index contributed by atoms with van der Waals surface area (Å²) in [7, 11) is 0. The molecule has 0 radical (unpaired) electrons. The Morgan fingerprint density at radius 2 is 2.20 bits per heavy atom. The van der Waals surface area contributed by atoms with Crippen molar-refractivity contribution in [1.29, 1.82) is 0 Å². The highest BCUT2D eigenvalue weighted by Crippen LogP contribution is 2.29. The Kier molecular flexibility index (Phi) is 4.49. The number of benzene rings is 1. The van der Waals surface area contributed by atoms with Crippen molar-refractivity contribution in [2.45, 2.75) is 32.2 Å². The van der Waals surface area contributed by atoms with E-state index in [9.17, 15) is 15.0 Å². The van der Waals surface area contributed by atoms with E-state index in [0.29, 0.717) is 19.0 Å². The fourth-order valence-corrected chi connectivity index (χ4v) is 2.85. The van der Waals surface area contributed by atoms with Crippen LogP contribution in [0, 0.1) is 5.92 Å². The molecule has 2 unspecified atom stereocenters. The SMILES string of the molecule is CCC1CCN(C(=O)c2ccc(O)cc2O)C(CN)C1. The summed E-state index contributed by atoms with van der Waals surface area (Å²) in [6.45, 7) is 3.25. The standard InChI is InChI=1S/C15H22N2O3/c1-2-10-5-6-17(11(7-10)9-16)15(20)13-4-3-12(18)8-14(13)19/h3-4,8,10-11,18-19H,2,5-7,9,16H2,1H3. The average molecular weight is 278 g/mol. The quantitative estimate of drug-likeness (QED) is 0.785. The molecule has 1 aliphatic heterocycles. The Bertz CT molecular complexity index is 490. The van der Waals surface area contributed by atoms with Crippen molar-refractivity contribution in [1.82, 2.24) is 4.90 Å². The smallest absolute Gasteiger partial charge is 0.257 e. The van der Waals surface area contributed by atoms with Gasteiger partial charge in [0.15, 0.2) is 0 Å². The van der Waals surface area contributed by atoms with Crippen molar-refractivity contribution in [2.75, 3.05) is 13.1 Å². The molecule has 2 atom stereocenters. The van der Waals surface area contributed by atoms with Crippen LogP contribution in [0.15, 0.2) is 18.2 Å². The van der Waals surface area contributed by atoms with Gasteiger partial charge in [-0.15, -0.1) is 0 Å². The Morgan fingerprint density at radius 3 is 2.80 bits per heavy atom. The summed E-state index contributed by atoms with van der Waals surface area (Å²) < 4.78 is 0. The number of aromatic hydroxyl groups is 2. The van der Waals surface area contributed by atoms with Gasteiger partial charge in [-0.05, 0) is 30.9 Å². The topological polar surface area (TPSA) is 86.8 Å². The zero-order valence-corrected chi connectivity index (χ0v) is 11.7. The Hall–Kier alpha value is -1.75. The molecule has 5 heteroatoms. The van der Waals surface area contributed by atoms with E-state index in [1.807, 2.05) is 0 Å². The molecule has 4 N–H and O–H groups in total. The largest absolute Gasteiger partial charge is 0.508 e. The Labute approximate surface area is 119 Å². The summed E-state index contributed by atoms with van der Waals surface area (Å²) in [5.74, 6) is 0.149. The number of carbonyl (C=O) groups is 1. The molecule has 1 heterocycles. The molecule has 1 aromatic rings. The lowest BCUT2D eigenvalue weighted by atomic mass is 9.88. The number of likely N-dealkylation sites (tertiary alicyclic amines) is 1. The van der Waals surface area contributed by atoms with Crippen molar-refractivity contribution in [3.05, 3.63) is 23.8 Å². The van der Waals surface area contributed by atoms with Gasteiger partial charge in [-0.1, -0.05) is 13.3 Å². The second-order valence-corrected chi connectivity index (χ2v) is 5.39. The molecular weight excluding hydrogens is 256 g/mol. The number of phenols is 2. The highest BCUT2D eigenvalue weighted by molar-refractivity contribution is 5.97. The minimum atomic E-state index is -0.215. The minimum absolute atomic E-state index is 0.0226. The van der Waals surface area contributed by atoms with Crippen LogP contribution >= 0.6 is 0 Å². The van der Waals surface area contributed by atoms with E-state index in [1.54, 1.807) is 4.90 Å². The fourth-order valence-electron chi connectivity index (χ4n) is 2.85. The van der Waals surface area contributed by atoms with Gasteiger partial charge in [-0.2, -0.15) is 0 Å². The average Bonchev–Trinajstić information content (AvgIpc) is 2.46. The lowest BCUT2D eigenvalue weighted by molar-refractivity contribution is 0.0555. The molecule has 0 spiro atoms. The van der Waals surface area contributed by atoms with Crippen LogP contribution < -0.4 is 5.73 Å². The predicted molar refractivity (Wildman–Crippen MR) is 76.7 cm³/mol. The van der Waals surface area contributed by atoms with Crippen molar-refractivity contribution >= 4 is 5.91 Å². The number of piperidine rings is 1. The predicted octanol–water partition coefficient (Wildman–Crippen LogP) is 1.69. The number of hydrogen-bond acceptors (Lipinski definition) is 4. The van der Waals surface area contributed by atoms with Crippen molar-refractivity contribution < 1.29 is 15.0 Å². The number of rotatable bonds is 3. The van der Waals surface area contributed by atoms with E-state index in [0.717, 1.165) is 19.3 Å². The molecule has 110 valence electrons. The first kappa shape index (κ1) is 14.7. The highest BCUT2D eigenvalue weighted by atomic mass is 16.3. The summed E-state index contributed by atoms with van der Waals surface area (Å²) in [5.41, 5.74) is 6.01. The van der Waals surface area contributed by atoms with Crippen LogP contribution in [0.4, 0.5) is 0 Å². The first-order valence-corrected chi connectivity index (χ1v) is 7.09. The van der Waals surface area contributed by atoms with Crippen LogP contribution in [-0.4, -0.2) is 40.2 Å². The van der Waals surface area contributed by atoms with Gasteiger partial charge in [0.1, 0.15) is 11.5 Å². The summed E-state index contributed by atoms with van der Waals surface area (Å²) in [4.78, 5) is 14.3. The van der Waals surface area contributed by atoms with Gasteiger partial charge < -0.3 is 20.8 Å². The van der Waals surface area contributed by atoms with Gasteiger partial charge in [0.25, 0.3) is 5.91 Å². The molecule has 2 rings (SSSR count). The number of nitrogens with two attached hydrogens (primary N) is 1. The summed E-state index contributed by atoms with van der Waals surface area (Å²) in [6.07, 6.45) is 2.98. The van der Waals surface area contributed by atoms with E-state index in [-0.39, 0.29) is 29.0 Å². The zero-order valence-electron chi connectivity index (χ0n) is 11.7. The van der Waals surface area contributed by atoms with E-state index < -0.39 is 0 Å². The van der Waals surface area contributed by atoms with Crippen LogP contribution in [0.3, 0.4) is 0 Å². The van der Waals surface area contributed by atoms with Crippen LogP contribution in [0.25, 0.3) is 0 Å². The van der Waals surface area contributed by atoms with Crippen LogP contribution in [0.5, 0.6) is 11.5 Å². The fraction of sp³-hybridized carbons (Fsp3) is 0.533. The molecule has 0 aliphatic carbocycles. The summed E-state index contributed by atoms with van der Waals surface area (Å²) in [6, 6.07) is 4.06. The number of carbonyl (C=O) groups excluding carboxylic acids is 1. The number of hydrogen-bond donors (Lipinski definition) is 3. The molecular formula is C15H22N2O3. The second kappa shape index (κ2) is 6.13. The third-order valence-corrected chi connectivity index (χ3v) is 4.15. The summed E-state index contributed by atoms with van der Waals surface area (Å²) >= 11 is 0. The number of amides is 1. The number of phenolic OH excluding ortho intramolecular Hbond substituents is 2. The second-order valence-electron chi connectivity index (χ2n) is 5.39. The monoisotopic (exact) mass is 278 g/mol. The van der Waals surface area contributed by atoms with Gasteiger partial charge in [-0.3, -0.25) is 4.79 Å². The number of nitrogens with zero attached hydrogens (tertiary/aromatic N) is 1. The van der Waals surface area contributed by atoms with Gasteiger partial charge in [-0.25, -0.2) is 0 Å². The van der Waals surface area contributed by atoms with Gasteiger partial charge in [0.2, 0.25) is 0 Å². The molecule has 1 saturated heterocycles. The van der Waals surface area contributed by atoms with Crippen molar-refractivity contribution in [3.8, 4) is 11.5 Å². The maximum atomic E-state index is 12.5. The molecule has 1 aromatic carbocycles. The van der Waals surface area contributed by atoms with E-state index in [2.05, 4.69) is 6.92 Å². The van der Waals surface area contributed by atoms with E-state index in [1.165, 1.54) is 18.2 Å². The zero-order chi connectivity index (χ0) is 14.7. The maximum Gasteiger partial charge on any atom is 0.257 e. The van der Waals surface area contributed by atoms with Gasteiger partial charge in [0, 0.05) is 25.2 Å². The molecule has 0 bridgehead atoms. The lowest BCUT2D eigenvalue weighted by Crippen LogP contribution is -2.49. The lowest BCUT2D eigenvalue weighted by Gasteiger charge is -2.39. The van der Waals surface area contributed by atoms with Crippen LogP contribution in [0.2, 0.25) is 0 Å². The summed E-state index contributed by atoms with van der Waals surface area (Å²) in [5, 5.41) is 19.1. The molecule has 20 heavy (non-hydrogen) atoms. The first-order valence-electron chi connectivity index (χ1n) is 7.09. The molecule has 0 aromatic heterocycles. The highest BCUT2D eigenvalue weighted by Gasteiger charge is 2.31. The molecule has 0 saturated carbocycles. The first-order chi connectivity index (χ1) is 9.56. The molecule has 5 nitrogen and oxygen atoms in total. The third kappa shape index (κ3) is 2.88. The van der Waals surface area contributed by atoms with E-state index >= 15 is 0 Å².